The number of hydrogen-bond donors (Lipinski definition) is 0. The average Bonchev–Trinajstić information content (AvgIpc) is 2.80. The number of benzene rings is 2. The van der Waals surface area contributed by atoms with Gasteiger partial charge in [-0.3, -0.25) is 4.79 Å². The van der Waals surface area contributed by atoms with Crippen LogP contribution in [0.1, 0.15) is 75.7 Å². The van der Waals surface area contributed by atoms with Crippen molar-refractivity contribution in [3.8, 4) is 0 Å². The normalized spacial score (nSPS) is 24.8. The second-order valence-electron chi connectivity index (χ2n) is 6.73. The van der Waals surface area contributed by atoms with E-state index in [0.717, 1.165) is 17.5 Å². The van der Waals surface area contributed by atoms with Crippen LogP contribution in [0.25, 0.3) is 0 Å². The fraction of sp³-hybridized carbons (Fsp3) is 0.300. The minimum absolute atomic E-state index is 0.00119. The van der Waals surface area contributed by atoms with Crippen molar-refractivity contribution < 1.29 is 14.7 Å². The Labute approximate surface area is 140 Å². The molecule has 0 aromatic heterocycles. The maximum Gasteiger partial charge on any atom is 0.255 e. The molecule has 4 nitrogen and oxygen atoms in total. The van der Waals surface area contributed by atoms with Gasteiger partial charge in [0.05, 0.1) is 23.6 Å². The lowest BCUT2D eigenvalue weighted by Crippen LogP contribution is -2.31. The molecule has 0 N–H and O–H groups in total. The first-order chi connectivity index (χ1) is 11.5. The molecule has 2 aliphatic rings. The molecule has 0 spiro atoms. The second kappa shape index (κ2) is 5.20. The zero-order chi connectivity index (χ0) is 17.0. The SMILES string of the molecule is C[C@@H]1c2ccccc2[C@@H](C)C[C@H]2c3cccc(C(=O)[O-])c3C(=O)N12. The molecule has 24 heavy (non-hydrogen) atoms. The summed E-state index contributed by atoms with van der Waals surface area (Å²) < 4.78 is 0. The van der Waals surface area contributed by atoms with Crippen molar-refractivity contribution in [3.63, 3.8) is 0 Å². The van der Waals surface area contributed by atoms with E-state index in [1.165, 1.54) is 11.6 Å². The van der Waals surface area contributed by atoms with Gasteiger partial charge in [0.2, 0.25) is 0 Å². The zero-order valence-electron chi connectivity index (χ0n) is 13.7. The molecule has 0 bridgehead atoms. The van der Waals surface area contributed by atoms with Crippen LogP contribution in [0, 0.1) is 0 Å². The summed E-state index contributed by atoms with van der Waals surface area (Å²) in [5.41, 5.74) is 3.53. The predicted molar refractivity (Wildman–Crippen MR) is 87.6 cm³/mol. The van der Waals surface area contributed by atoms with Gasteiger partial charge in [-0.15, -0.1) is 0 Å². The molecule has 2 aliphatic heterocycles. The highest BCUT2D eigenvalue weighted by molar-refractivity contribution is 6.07. The van der Waals surface area contributed by atoms with Crippen LogP contribution in [-0.2, 0) is 0 Å². The Bertz CT molecular complexity index is 858. The molecule has 0 radical (unpaired) electrons. The van der Waals surface area contributed by atoms with Crippen LogP contribution in [0.4, 0.5) is 0 Å². The molecular weight excluding hydrogens is 302 g/mol. The van der Waals surface area contributed by atoms with Crippen molar-refractivity contribution in [2.24, 2.45) is 0 Å². The molecule has 0 fully saturated rings. The van der Waals surface area contributed by atoms with E-state index < -0.39 is 5.97 Å². The molecule has 122 valence electrons. The topological polar surface area (TPSA) is 60.4 Å². The highest BCUT2D eigenvalue weighted by atomic mass is 16.4. The smallest absolute Gasteiger partial charge is 0.255 e. The second-order valence-corrected chi connectivity index (χ2v) is 6.73. The highest BCUT2D eigenvalue weighted by Crippen LogP contribution is 2.49. The van der Waals surface area contributed by atoms with Crippen LogP contribution in [0.5, 0.6) is 0 Å². The number of carboxylic acid groups (broad SMARTS) is 1. The molecule has 1 amide bonds. The van der Waals surface area contributed by atoms with E-state index in [0.29, 0.717) is 11.5 Å². The first-order valence-corrected chi connectivity index (χ1v) is 8.26. The summed E-state index contributed by atoms with van der Waals surface area (Å²) in [6.45, 7) is 4.19. The largest absolute Gasteiger partial charge is 0.545 e. The van der Waals surface area contributed by atoms with Gasteiger partial charge >= 0.3 is 0 Å². The molecule has 4 rings (SSSR count). The minimum atomic E-state index is -1.29. The number of hydrogen-bond acceptors (Lipinski definition) is 3. The quantitative estimate of drug-likeness (QED) is 0.812. The Hall–Kier alpha value is -2.62. The van der Waals surface area contributed by atoms with Crippen molar-refractivity contribution in [2.45, 2.75) is 38.3 Å². The van der Waals surface area contributed by atoms with Gasteiger partial charge in [0.15, 0.2) is 0 Å². The van der Waals surface area contributed by atoms with E-state index in [4.69, 9.17) is 0 Å². The summed E-state index contributed by atoms with van der Waals surface area (Å²) in [6.07, 6.45) is 0.788. The summed E-state index contributed by atoms with van der Waals surface area (Å²) in [5.74, 6) is -1.20. The van der Waals surface area contributed by atoms with Crippen LogP contribution < -0.4 is 5.11 Å². The number of amides is 1. The average molecular weight is 320 g/mol. The van der Waals surface area contributed by atoms with Crippen molar-refractivity contribution >= 4 is 11.9 Å². The fourth-order valence-electron chi connectivity index (χ4n) is 4.32. The number of nitrogens with zero attached hydrogens (tertiary/aromatic N) is 1. The van der Waals surface area contributed by atoms with Gasteiger partial charge in [-0.1, -0.05) is 49.4 Å². The van der Waals surface area contributed by atoms with Gasteiger partial charge in [0.1, 0.15) is 0 Å². The van der Waals surface area contributed by atoms with Gasteiger partial charge in [-0.25, -0.2) is 0 Å². The Morgan fingerprint density at radius 3 is 2.42 bits per heavy atom. The first-order valence-electron chi connectivity index (χ1n) is 8.26. The Kier molecular flexibility index (Phi) is 3.23. The monoisotopic (exact) mass is 320 g/mol. The predicted octanol–water partition coefficient (Wildman–Crippen LogP) is 2.82. The van der Waals surface area contributed by atoms with E-state index in [2.05, 4.69) is 19.1 Å². The number of aromatic carboxylic acids is 1. The highest BCUT2D eigenvalue weighted by Gasteiger charge is 2.44. The van der Waals surface area contributed by atoms with Crippen LogP contribution in [-0.4, -0.2) is 16.8 Å². The Morgan fingerprint density at radius 2 is 1.71 bits per heavy atom. The number of carbonyl (C=O) groups is 2. The summed E-state index contributed by atoms with van der Waals surface area (Å²) in [7, 11) is 0. The Morgan fingerprint density at radius 1 is 1.04 bits per heavy atom. The van der Waals surface area contributed by atoms with Gasteiger partial charge in [-0.2, -0.15) is 0 Å². The van der Waals surface area contributed by atoms with E-state index in [1.54, 1.807) is 6.07 Å². The lowest BCUT2D eigenvalue weighted by atomic mass is 9.88. The van der Waals surface area contributed by atoms with E-state index in [9.17, 15) is 14.7 Å². The third-order valence-corrected chi connectivity index (χ3v) is 5.43. The molecular formula is C20H18NO3-. The standard InChI is InChI=1S/C20H19NO3/c1-11-10-17-15-8-5-9-16(20(23)24)18(15)19(22)21(17)12(2)14-7-4-3-6-13(11)14/h3-9,11-12,17H,10H2,1-2H3,(H,23,24)/p-1/t11-,12+,17-/m0/s1. The fourth-order valence-corrected chi connectivity index (χ4v) is 4.32. The minimum Gasteiger partial charge on any atom is -0.545 e. The van der Waals surface area contributed by atoms with E-state index in [1.807, 2.05) is 30.0 Å². The third-order valence-electron chi connectivity index (χ3n) is 5.43. The number of fused-ring (bicyclic) bond motifs is 4. The summed E-state index contributed by atoms with van der Waals surface area (Å²) in [6, 6.07) is 13.1. The molecule has 2 heterocycles. The number of carbonyl (C=O) groups excluding carboxylic acids is 2. The van der Waals surface area contributed by atoms with Crippen molar-refractivity contribution in [1.82, 2.24) is 4.90 Å². The van der Waals surface area contributed by atoms with E-state index in [-0.39, 0.29) is 23.6 Å². The van der Waals surface area contributed by atoms with Crippen molar-refractivity contribution in [2.75, 3.05) is 0 Å². The van der Waals surface area contributed by atoms with Crippen LogP contribution in [0.3, 0.4) is 0 Å². The molecule has 2 aromatic carbocycles. The third kappa shape index (κ3) is 1.92. The molecule has 0 saturated heterocycles. The van der Waals surface area contributed by atoms with Gasteiger partial charge in [-0.05, 0) is 36.0 Å². The summed E-state index contributed by atoms with van der Waals surface area (Å²) >= 11 is 0. The maximum atomic E-state index is 13.1. The van der Waals surface area contributed by atoms with Crippen LogP contribution in [0.2, 0.25) is 0 Å². The van der Waals surface area contributed by atoms with Gasteiger partial charge in [0.25, 0.3) is 5.91 Å². The van der Waals surface area contributed by atoms with Crippen molar-refractivity contribution in [1.29, 1.82) is 0 Å². The van der Waals surface area contributed by atoms with E-state index >= 15 is 0 Å². The van der Waals surface area contributed by atoms with Gasteiger partial charge in [0, 0.05) is 5.56 Å². The van der Waals surface area contributed by atoms with Crippen molar-refractivity contribution in [3.05, 3.63) is 70.3 Å². The lowest BCUT2D eigenvalue weighted by Gasteiger charge is -2.29. The molecule has 4 heteroatoms. The maximum absolute atomic E-state index is 13.1. The molecule has 0 saturated carbocycles. The first kappa shape index (κ1) is 14.9. The number of carboxylic acids is 1. The van der Waals surface area contributed by atoms with Crippen LogP contribution >= 0.6 is 0 Å². The molecule has 0 aliphatic carbocycles. The van der Waals surface area contributed by atoms with Crippen LogP contribution in [0.15, 0.2) is 42.5 Å². The molecule has 0 unspecified atom stereocenters. The lowest BCUT2D eigenvalue weighted by molar-refractivity contribution is -0.255. The Balaban J connectivity index is 1.91. The summed E-state index contributed by atoms with van der Waals surface area (Å²) in [5, 5.41) is 11.4. The number of rotatable bonds is 1. The zero-order valence-corrected chi connectivity index (χ0v) is 13.7. The molecule has 3 atom stereocenters. The molecule has 2 aromatic rings. The van der Waals surface area contributed by atoms with Gasteiger partial charge < -0.3 is 14.8 Å². The summed E-state index contributed by atoms with van der Waals surface area (Å²) in [4.78, 5) is 26.4.